The van der Waals surface area contributed by atoms with Crippen LogP contribution in [-0.2, 0) is 4.79 Å². The lowest BCUT2D eigenvalue weighted by Crippen LogP contribution is -2.38. The van der Waals surface area contributed by atoms with Crippen molar-refractivity contribution in [3.63, 3.8) is 0 Å². The van der Waals surface area contributed by atoms with Gasteiger partial charge in [0, 0.05) is 15.5 Å². The zero-order chi connectivity index (χ0) is 29.5. The van der Waals surface area contributed by atoms with Gasteiger partial charge in [0.2, 0.25) is 12.0 Å². The minimum Gasteiger partial charge on any atom is -0.466 e. The SMILES string of the molecule is CC(C)(C)C(=O)C(Oc1ccc(Cl)cc1)n1cncn1.CC(C)(C)C(O)C(Oc1ccc(Cl)cc1)n1cncn1. The first-order chi connectivity index (χ1) is 18.8. The number of ketones is 1. The number of Topliss-reactive ketones (excluding diaryl/α,β-unsaturated/α-hetero) is 1. The summed E-state index contributed by atoms with van der Waals surface area (Å²) in [5.41, 5.74) is -0.911. The maximum absolute atomic E-state index is 12.5. The number of nitrogens with zero attached hydrogens (tertiary/aromatic N) is 6. The summed E-state index contributed by atoms with van der Waals surface area (Å²) in [5.74, 6) is 1.07. The predicted molar refractivity (Wildman–Crippen MR) is 152 cm³/mol. The van der Waals surface area contributed by atoms with Gasteiger partial charge in [0.25, 0.3) is 6.23 Å². The van der Waals surface area contributed by atoms with Gasteiger partial charge >= 0.3 is 0 Å². The monoisotopic (exact) mass is 588 g/mol. The second-order valence-corrected chi connectivity index (χ2v) is 11.9. The lowest BCUT2D eigenvalue weighted by Gasteiger charge is -2.32. The highest BCUT2D eigenvalue weighted by atomic mass is 35.5. The molecule has 0 amide bonds. The molecule has 2 aromatic carbocycles. The minimum atomic E-state index is -0.848. The van der Waals surface area contributed by atoms with E-state index < -0.39 is 24.0 Å². The Hall–Kier alpha value is -3.47. The molecule has 10 nitrogen and oxygen atoms in total. The van der Waals surface area contributed by atoms with Crippen molar-refractivity contribution in [3.05, 3.63) is 83.9 Å². The van der Waals surface area contributed by atoms with Crippen LogP contribution >= 0.6 is 23.2 Å². The standard InChI is InChI=1S/C14H18ClN3O2.C14H16ClN3O2/c2*1-14(2,3)12(19)13(18-9-16-8-17-18)20-11-6-4-10(15)5-7-11/h4-9,12-13,19H,1-3H3;4-9,13H,1-3H3. The maximum atomic E-state index is 12.5. The molecule has 2 heterocycles. The van der Waals surface area contributed by atoms with Gasteiger partial charge in [-0.25, -0.2) is 19.3 Å². The topological polar surface area (TPSA) is 117 Å². The Labute approximate surface area is 243 Å². The van der Waals surface area contributed by atoms with Crippen molar-refractivity contribution in [3.8, 4) is 11.5 Å². The molecular formula is C28H34Cl2N6O4. The average molecular weight is 590 g/mol. The molecule has 1 N–H and O–H groups in total. The molecule has 40 heavy (non-hydrogen) atoms. The largest absolute Gasteiger partial charge is 0.466 e. The molecule has 12 heteroatoms. The van der Waals surface area contributed by atoms with Crippen LogP contribution < -0.4 is 9.47 Å². The van der Waals surface area contributed by atoms with Crippen molar-refractivity contribution in [2.75, 3.05) is 0 Å². The van der Waals surface area contributed by atoms with E-state index in [4.69, 9.17) is 32.7 Å². The van der Waals surface area contributed by atoms with Crippen molar-refractivity contribution >= 4 is 29.0 Å². The van der Waals surface area contributed by atoms with Gasteiger partial charge in [0.15, 0.2) is 0 Å². The van der Waals surface area contributed by atoms with Crippen molar-refractivity contribution in [2.45, 2.75) is 60.1 Å². The summed E-state index contributed by atoms with van der Waals surface area (Å²) >= 11 is 11.7. The van der Waals surface area contributed by atoms with Gasteiger partial charge in [-0.15, -0.1) is 0 Å². The zero-order valence-electron chi connectivity index (χ0n) is 23.3. The van der Waals surface area contributed by atoms with Crippen LogP contribution in [0.1, 0.15) is 54.0 Å². The Morgan fingerprint density at radius 3 is 1.62 bits per heavy atom. The fourth-order valence-corrected chi connectivity index (χ4v) is 3.52. The fourth-order valence-electron chi connectivity index (χ4n) is 3.27. The number of hydrogen-bond acceptors (Lipinski definition) is 8. The van der Waals surface area contributed by atoms with Gasteiger partial charge in [-0.3, -0.25) is 4.79 Å². The van der Waals surface area contributed by atoms with Crippen molar-refractivity contribution in [1.82, 2.24) is 29.5 Å². The molecule has 4 aromatic rings. The second-order valence-electron chi connectivity index (χ2n) is 11.1. The molecule has 4 rings (SSSR count). The highest BCUT2D eigenvalue weighted by Gasteiger charge is 2.34. The summed E-state index contributed by atoms with van der Waals surface area (Å²) in [6, 6.07) is 13.8. The van der Waals surface area contributed by atoms with E-state index in [1.54, 1.807) is 48.5 Å². The molecule has 3 unspecified atom stereocenters. The van der Waals surface area contributed by atoms with Gasteiger partial charge in [-0.05, 0) is 53.9 Å². The molecular weight excluding hydrogens is 555 g/mol. The molecule has 0 aliphatic heterocycles. The zero-order valence-corrected chi connectivity index (χ0v) is 24.8. The summed E-state index contributed by atoms with van der Waals surface area (Å²) < 4.78 is 14.5. The molecule has 0 bridgehead atoms. The van der Waals surface area contributed by atoms with Gasteiger partial charge in [-0.2, -0.15) is 10.2 Å². The quantitative estimate of drug-likeness (QED) is 0.264. The lowest BCUT2D eigenvalue weighted by atomic mass is 9.88. The molecule has 0 aliphatic carbocycles. The van der Waals surface area contributed by atoms with Gasteiger partial charge in [0.1, 0.15) is 42.9 Å². The molecule has 0 saturated carbocycles. The highest BCUT2D eigenvalue weighted by molar-refractivity contribution is 6.30. The van der Waals surface area contributed by atoms with E-state index in [9.17, 15) is 9.90 Å². The van der Waals surface area contributed by atoms with E-state index in [-0.39, 0.29) is 11.2 Å². The lowest BCUT2D eigenvalue weighted by molar-refractivity contribution is -0.138. The molecule has 0 saturated heterocycles. The molecule has 214 valence electrons. The number of aliphatic hydroxyl groups is 1. The molecule has 0 radical (unpaired) electrons. The van der Waals surface area contributed by atoms with Crippen LogP contribution in [0.5, 0.6) is 11.5 Å². The number of carbonyl (C=O) groups is 1. The third-order valence-electron chi connectivity index (χ3n) is 5.63. The molecule has 0 spiro atoms. The molecule has 0 aliphatic rings. The third-order valence-corrected chi connectivity index (χ3v) is 6.13. The van der Waals surface area contributed by atoms with Crippen LogP contribution in [0.15, 0.2) is 73.8 Å². The predicted octanol–water partition coefficient (Wildman–Crippen LogP) is 6.04. The van der Waals surface area contributed by atoms with Crippen molar-refractivity contribution in [1.29, 1.82) is 0 Å². The van der Waals surface area contributed by atoms with Gasteiger partial charge in [-0.1, -0.05) is 64.7 Å². The molecule has 2 aromatic heterocycles. The summed E-state index contributed by atoms with van der Waals surface area (Å²) in [6.07, 6.45) is 3.51. The first-order valence-electron chi connectivity index (χ1n) is 12.5. The Morgan fingerprint density at radius 1 is 0.775 bits per heavy atom. The third kappa shape index (κ3) is 8.77. The fraction of sp³-hybridized carbons (Fsp3) is 0.393. The van der Waals surface area contributed by atoms with Crippen LogP contribution in [0.4, 0.5) is 0 Å². The van der Waals surface area contributed by atoms with E-state index >= 15 is 0 Å². The molecule has 3 atom stereocenters. The Balaban J connectivity index is 0.000000220. The first kappa shape index (κ1) is 31.1. The number of halogens is 2. The summed E-state index contributed by atoms with van der Waals surface area (Å²) in [7, 11) is 0. The van der Waals surface area contributed by atoms with Crippen molar-refractivity contribution in [2.24, 2.45) is 10.8 Å². The summed E-state index contributed by atoms with van der Waals surface area (Å²) in [4.78, 5) is 20.3. The molecule has 0 fully saturated rings. The number of rotatable bonds is 8. The van der Waals surface area contributed by atoms with Crippen LogP contribution in [0, 0.1) is 10.8 Å². The van der Waals surface area contributed by atoms with Crippen LogP contribution in [0.3, 0.4) is 0 Å². The van der Waals surface area contributed by atoms with E-state index in [1.807, 2.05) is 41.5 Å². The number of aromatic nitrogens is 6. The Bertz CT molecular complexity index is 1320. The van der Waals surface area contributed by atoms with E-state index in [0.29, 0.717) is 21.5 Å². The van der Waals surface area contributed by atoms with Crippen LogP contribution in [-0.4, -0.2) is 46.5 Å². The second kappa shape index (κ2) is 13.3. The van der Waals surface area contributed by atoms with Crippen molar-refractivity contribution < 1.29 is 19.4 Å². The first-order valence-corrected chi connectivity index (χ1v) is 13.3. The number of hydrogen-bond donors (Lipinski definition) is 1. The van der Waals surface area contributed by atoms with E-state index in [1.165, 1.54) is 34.7 Å². The average Bonchev–Trinajstić information content (AvgIpc) is 3.62. The number of carbonyl (C=O) groups excluding carboxylic acids is 1. The Kier molecular flexibility index (Phi) is 10.3. The number of benzene rings is 2. The smallest absolute Gasteiger partial charge is 0.252 e. The van der Waals surface area contributed by atoms with Gasteiger partial charge < -0.3 is 14.6 Å². The Morgan fingerprint density at radius 2 is 1.23 bits per heavy atom. The number of aliphatic hydroxyl groups excluding tert-OH is 1. The number of ether oxygens (including phenoxy) is 2. The summed E-state index contributed by atoms with van der Waals surface area (Å²) in [6.45, 7) is 11.3. The normalized spacial score (nSPS) is 13.9. The maximum Gasteiger partial charge on any atom is 0.252 e. The van der Waals surface area contributed by atoms with E-state index in [2.05, 4.69) is 20.2 Å². The van der Waals surface area contributed by atoms with Crippen LogP contribution in [0.2, 0.25) is 10.0 Å². The highest BCUT2D eigenvalue weighted by Crippen LogP contribution is 2.31. The van der Waals surface area contributed by atoms with Crippen LogP contribution in [0.25, 0.3) is 0 Å². The summed E-state index contributed by atoms with van der Waals surface area (Å²) in [5, 5.41) is 19.8. The van der Waals surface area contributed by atoms with E-state index in [0.717, 1.165) is 0 Å². The minimum absolute atomic E-state index is 0.0852. The van der Waals surface area contributed by atoms with Gasteiger partial charge in [0.05, 0.1) is 0 Å².